The van der Waals surface area contributed by atoms with Crippen molar-refractivity contribution in [3.8, 4) is 0 Å². The average Bonchev–Trinajstić information content (AvgIpc) is 1.98. The van der Waals surface area contributed by atoms with Crippen molar-refractivity contribution in [1.29, 1.82) is 0 Å². The first-order valence-corrected chi connectivity index (χ1v) is 4.62. The first kappa shape index (κ1) is 12.4. The van der Waals surface area contributed by atoms with E-state index >= 15 is 0 Å². The number of hydrogen-bond donors (Lipinski definition) is 2. The predicted molar refractivity (Wildman–Crippen MR) is 52.3 cm³/mol. The monoisotopic (exact) mass is 188 g/mol. The molecule has 0 radical (unpaired) electrons. The summed E-state index contributed by atoms with van der Waals surface area (Å²) in [6, 6.07) is 0.159. The number of carbonyl (C=O) groups excluding carboxylic acids is 1. The van der Waals surface area contributed by atoms with E-state index in [0.29, 0.717) is 0 Å². The lowest BCUT2D eigenvalue weighted by Crippen LogP contribution is -2.43. The Labute approximate surface area is 79.8 Å². The lowest BCUT2D eigenvalue weighted by atomic mass is 10.2. The van der Waals surface area contributed by atoms with Gasteiger partial charge in [-0.1, -0.05) is 0 Å². The minimum Gasteiger partial charge on any atom is -0.462 e. The second kappa shape index (κ2) is 5.94. The molecular formula is C9H20N2O2. The fourth-order valence-corrected chi connectivity index (χ4v) is 0.735. The van der Waals surface area contributed by atoms with Crippen molar-refractivity contribution in [3.05, 3.63) is 0 Å². The highest BCUT2D eigenvalue weighted by atomic mass is 16.5. The largest absolute Gasteiger partial charge is 0.462 e. The van der Waals surface area contributed by atoms with Gasteiger partial charge in [0.25, 0.3) is 0 Å². The molecule has 0 fully saturated rings. The maximum atomic E-state index is 11.1. The highest BCUT2D eigenvalue weighted by Crippen LogP contribution is 1.90. The normalized spacial score (nSPS) is 15.5. The summed E-state index contributed by atoms with van der Waals surface area (Å²) in [6.45, 7) is 7.71. The zero-order valence-corrected chi connectivity index (χ0v) is 8.83. The topological polar surface area (TPSA) is 64.3 Å². The molecule has 2 unspecified atom stereocenters. The predicted octanol–water partition coefficient (Wildman–Crippen LogP) is 0.263. The molecule has 0 bridgehead atoms. The van der Waals surface area contributed by atoms with Crippen molar-refractivity contribution in [2.24, 2.45) is 5.73 Å². The van der Waals surface area contributed by atoms with Gasteiger partial charge in [-0.05, 0) is 27.7 Å². The molecule has 0 saturated carbocycles. The van der Waals surface area contributed by atoms with Gasteiger partial charge in [0.15, 0.2) is 0 Å². The molecule has 78 valence electrons. The van der Waals surface area contributed by atoms with Crippen LogP contribution in [0.1, 0.15) is 27.7 Å². The lowest BCUT2D eigenvalue weighted by molar-refractivity contribution is -0.146. The molecule has 0 aliphatic rings. The number of rotatable bonds is 5. The minimum atomic E-state index is -0.234. The van der Waals surface area contributed by atoms with Crippen LogP contribution in [0.2, 0.25) is 0 Å². The Kier molecular flexibility index (Phi) is 5.66. The fraction of sp³-hybridized carbons (Fsp3) is 0.889. The summed E-state index contributed by atoms with van der Waals surface area (Å²) in [5.74, 6) is -0.234. The van der Waals surface area contributed by atoms with E-state index in [0.717, 1.165) is 0 Å². The summed E-state index contributed by atoms with van der Waals surface area (Å²) >= 11 is 0. The molecule has 3 N–H and O–H groups in total. The van der Waals surface area contributed by atoms with Crippen LogP contribution in [-0.2, 0) is 9.53 Å². The van der Waals surface area contributed by atoms with E-state index in [9.17, 15) is 4.79 Å². The van der Waals surface area contributed by atoms with Gasteiger partial charge in [0.05, 0.1) is 12.6 Å². The van der Waals surface area contributed by atoms with Gasteiger partial charge < -0.3 is 15.8 Å². The number of esters is 1. The Balaban J connectivity index is 3.58. The molecule has 0 saturated heterocycles. The molecule has 0 heterocycles. The summed E-state index contributed by atoms with van der Waals surface area (Å²) < 4.78 is 4.94. The Hall–Kier alpha value is -0.610. The number of hydrogen-bond acceptors (Lipinski definition) is 4. The van der Waals surface area contributed by atoms with Crippen molar-refractivity contribution < 1.29 is 9.53 Å². The Bertz CT molecular complexity index is 158. The number of carbonyl (C=O) groups is 1. The van der Waals surface area contributed by atoms with E-state index in [4.69, 9.17) is 10.5 Å². The maximum Gasteiger partial charge on any atom is 0.320 e. The van der Waals surface area contributed by atoms with Crippen LogP contribution in [0.15, 0.2) is 0 Å². The van der Waals surface area contributed by atoms with Crippen LogP contribution in [0.4, 0.5) is 0 Å². The number of nitrogens with two attached hydrogens (primary N) is 1. The van der Waals surface area contributed by atoms with Crippen LogP contribution >= 0.6 is 0 Å². The molecule has 2 atom stereocenters. The van der Waals surface area contributed by atoms with E-state index in [2.05, 4.69) is 5.32 Å². The molecule has 4 heteroatoms. The first-order valence-electron chi connectivity index (χ1n) is 4.62. The van der Waals surface area contributed by atoms with Gasteiger partial charge in [0.1, 0.15) is 0 Å². The summed E-state index contributed by atoms with van der Waals surface area (Å²) in [6.07, 6.45) is -0.0556. The quantitative estimate of drug-likeness (QED) is 0.608. The fourth-order valence-electron chi connectivity index (χ4n) is 0.735. The van der Waals surface area contributed by atoms with Gasteiger partial charge in [-0.2, -0.15) is 0 Å². The van der Waals surface area contributed by atoms with Crippen molar-refractivity contribution in [2.45, 2.75) is 45.9 Å². The van der Waals surface area contributed by atoms with E-state index in [1.165, 1.54) is 0 Å². The number of nitrogens with one attached hydrogen (secondary N) is 1. The van der Waals surface area contributed by atoms with E-state index in [1.807, 2.05) is 27.7 Å². The van der Waals surface area contributed by atoms with E-state index in [-0.39, 0.29) is 30.7 Å². The Morgan fingerprint density at radius 1 is 1.38 bits per heavy atom. The van der Waals surface area contributed by atoms with Crippen LogP contribution in [0.3, 0.4) is 0 Å². The Morgan fingerprint density at radius 3 is 2.31 bits per heavy atom. The molecule has 0 aromatic rings. The van der Waals surface area contributed by atoms with E-state index < -0.39 is 0 Å². The molecule has 13 heavy (non-hydrogen) atoms. The molecular weight excluding hydrogens is 168 g/mol. The second-order valence-electron chi connectivity index (χ2n) is 3.57. The second-order valence-corrected chi connectivity index (χ2v) is 3.57. The minimum absolute atomic E-state index is 0.0341. The van der Waals surface area contributed by atoms with Gasteiger partial charge in [-0.15, -0.1) is 0 Å². The lowest BCUT2D eigenvalue weighted by Gasteiger charge is -2.17. The van der Waals surface area contributed by atoms with Crippen molar-refractivity contribution in [1.82, 2.24) is 5.32 Å². The molecule has 0 aliphatic carbocycles. The summed E-state index contributed by atoms with van der Waals surface area (Å²) in [5.41, 5.74) is 5.61. The highest BCUT2D eigenvalue weighted by molar-refractivity contribution is 5.71. The van der Waals surface area contributed by atoms with Gasteiger partial charge in [-0.3, -0.25) is 4.79 Å². The van der Waals surface area contributed by atoms with Gasteiger partial charge in [0.2, 0.25) is 0 Å². The van der Waals surface area contributed by atoms with Crippen LogP contribution < -0.4 is 11.1 Å². The summed E-state index contributed by atoms with van der Waals surface area (Å²) in [4.78, 5) is 11.1. The number of ether oxygens (including phenoxy) is 1. The molecule has 0 rings (SSSR count). The van der Waals surface area contributed by atoms with Crippen molar-refractivity contribution in [2.75, 3.05) is 6.54 Å². The van der Waals surface area contributed by atoms with Crippen LogP contribution in [0.5, 0.6) is 0 Å². The molecule has 0 amide bonds. The third kappa shape index (κ3) is 6.54. The third-order valence-corrected chi connectivity index (χ3v) is 1.72. The zero-order chi connectivity index (χ0) is 10.4. The highest BCUT2D eigenvalue weighted by Gasteiger charge is 2.10. The average molecular weight is 188 g/mol. The standard InChI is InChI=1S/C9H20N2O2/c1-6(2)13-9(12)5-11-8(4)7(3)10/h6-8,11H,5,10H2,1-4H3. The summed E-state index contributed by atoms with van der Waals surface area (Å²) in [5, 5.41) is 2.99. The Morgan fingerprint density at radius 2 is 1.92 bits per heavy atom. The van der Waals surface area contributed by atoms with Gasteiger partial charge in [-0.25, -0.2) is 0 Å². The molecule has 0 aromatic carbocycles. The SMILES string of the molecule is CC(C)OC(=O)CNC(C)C(C)N. The smallest absolute Gasteiger partial charge is 0.320 e. The van der Waals surface area contributed by atoms with E-state index in [1.54, 1.807) is 0 Å². The van der Waals surface area contributed by atoms with Crippen LogP contribution in [-0.4, -0.2) is 30.7 Å². The molecule has 0 aromatic heterocycles. The van der Waals surface area contributed by atoms with Crippen molar-refractivity contribution in [3.63, 3.8) is 0 Å². The first-order chi connectivity index (χ1) is 5.93. The molecule has 0 aliphatic heterocycles. The zero-order valence-electron chi connectivity index (χ0n) is 8.83. The van der Waals surface area contributed by atoms with Crippen LogP contribution in [0.25, 0.3) is 0 Å². The third-order valence-electron chi connectivity index (χ3n) is 1.72. The van der Waals surface area contributed by atoms with Crippen molar-refractivity contribution >= 4 is 5.97 Å². The maximum absolute atomic E-state index is 11.1. The molecule has 0 spiro atoms. The van der Waals surface area contributed by atoms with Crippen LogP contribution in [0, 0.1) is 0 Å². The molecule has 4 nitrogen and oxygen atoms in total. The van der Waals surface area contributed by atoms with Gasteiger partial charge >= 0.3 is 5.97 Å². The van der Waals surface area contributed by atoms with Gasteiger partial charge in [0, 0.05) is 12.1 Å². The summed E-state index contributed by atoms with van der Waals surface area (Å²) in [7, 11) is 0.